The van der Waals surface area contributed by atoms with Gasteiger partial charge in [0, 0.05) is 24.3 Å². The molecule has 27 heteroatoms. The van der Waals surface area contributed by atoms with Gasteiger partial charge in [-0.3, -0.25) is 55.7 Å². The van der Waals surface area contributed by atoms with E-state index in [1.54, 1.807) is 82.5 Å². The van der Waals surface area contributed by atoms with Gasteiger partial charge in [0.25, 0.3) is 22.2 Å². The van der Waals surface area contributed by atoms with Gasteiger partial charge in [-0.1, -0.05) is 257 Å². The number of aryl methyl sites for hydroxylation is 1. The largest absolute Gasteiger partial charge is 0.870 e. The molecule has 0 spiro atoms. The first-order chi connectivity index (χ1) is 63.5. The lowest BCUT2D eigenvalue weighted by molar-refractivity contribution is -0.200. The maximum absolute atomic E-state index is 14.4. The van der Waals surface area contributed by atoms with Gasteiger partial charge in [0.1, 0.15) is 41.3 Å². The molecular formula is C106H105FN9O16Si-. The van der Waals surface area contributed by atoms with Crippen LogP contribution < -0.4 is 54.5 Å². The van der Waals surface area contributed by atoms with E-state index in [4.69, 9.17) is 28.1 Å². The number of hydrogen-bond donors (Lipinski definition) is 0. The number of ether oxygens (including phenoxy) is 5. The summed E-state index contributed by atoms with van der Waals surface area (Å²) in [6.07, 6.45) is -2.62. The first-order valence-corrected chi connectivity index (χ1v) is 46.3. The molecule has 682 valence electrons. The Morgan fingerprint density at radius 3 is 1.00 bits per heavy atom. The van der Waals surface area contributed by atoms with Crippen LogP contribution >= 0.6 is 0 Å². The molecule has 0 aliphatic carbocycles. The zero-order chi connectivity index (χ0) is 93.4. The first-order valence-electron chi connectivity index (χ1n) is 43.4. The van der Waals surface area contributed by atoms with E-state index in [2.05, 4.69) is 39.0 Å². The standard InChI is InChI=1S/C32H41N3O8Si.C25H22N2O3.C25H22N2O2.C24H19FN2O2.H2O/c1-31(2,3)44(7,8)40-19-25-27-28(43-32(4,5)42-27)29(41-25)35-24(21-11-13-22(33-38)14-12-21)17-26(36)34(30(35)37)18-20-9-15-23(39-6)16-10-20;1-30-22-14-12-21(13-15-22)23-16-24(28)27(18-20-10-6-3-7-11-20)25(29)26(23)17-19-8-4-2-5-9-19;1-19-12-14-22(15-13-19)23-16-24(28)27(18-21-10-6-3-7-11-21)25(29)26(23)17-20-8-4-2-5-9-20;25-21-13-11-20(12-14-21)22-15-23(28)27(17-19-9-5-2-6-10-19)24(29)26(22)16-18-7-3-1-4-8-18;/h9-17,25,27-29H,18-19H2,1-8H3;2-16H,17-18H2,1H3;2-16H,17-18H2,1H3;1-15H,16-17H2;1H2/p-1/t25-,27?,28?,29-;;;;/m1..../s1. The van der Waals surface area contributed by atoms with Crippen molar-refractivity contribution >= 4 is 14.0 Å². The van der Waals surface area contributed by atoms with Crippen LogP contribution in [-0.4, -0.2) is 95.3 Å². The number of nitrogens with zero attached hydrogens (tertiary/aromatic N) is 9. The summed E-state index contributed by atoms with van der Waals surface area (Å²) < 4.78 is 61.0. The normalized spacial score (nSPS) is 14.7. The van der Waals surface area contributed by atoms with E-state index in [0.717, 1.165) is 55.6 Å². The third-order valence-corrected chi connectivity index (χ3v) is 28.1. The van der Waals surface area contributed by atoms with Gasteiger partial charge < -0.3 is 33.6 Å². The van der Waals surface area contributed by atoms with E-state index >= 15 is 0 Å². The Balaban J connectivity index is 0.000000153. The Morgan fingerprint density at radius 2 is 0.662 bits per heavy atom. The number of benzene rings is 11. The minimum absolute atomic E-state index is 0. The molecule has 0 bridgehead atoms. The average molecular weight is 1810 g/mol. The SMILES string of the molecule is COc1ccc(-c2cc(=O)n(Cc3ccccc3)c(=O)n2Cc2ccccc2)cc1.COc1ccc(Cn2c(=O)cc(-c3ccc(N=O)cc3)n([C@@H]3O[C@H](CO[Si](C)(C)C(C)(C)C)C4OC(C)(C)OC43)c2=O)cc1.Cc1ccc(-c2cc(=O)n(Cc3ccccc3)c(=O)n2Cc2ccccc2)cc1.O=c1cc(-c2ccc(F)cc2)n(Cc2ccccc2)c(=O)n1Cc1ccccc1.[OH-]. The summed E-state index contributed by atoms with van der Waals surface area (Å²) in [4.78, 5) is 118. The second-order valence-electron chi connectivity index (χ2n) is 34.3. The lowest BCUT2D eigenvalue weighted by Crippen LogP contribution is -2.44. The average Bonchev–Trinajstić information content (AvgIpc) is 1.58. The fraction of sp³-hybridized carbons (Fsp3) is 0.226. The van der Waals surface area contributed by atoms with Gasteiger partial charge in [0.2, 0.25) is 0 Å². The van der Waals surface area contributed by atoms with E-state index in [1.165, 1.54) is 65.3 Å². The summed E-state index contributed by atoms with van der Waals surface area (Å²) in [6, 6.07) is 98.1. The van der Waals surface area contributed by atoms with Crippen LogP contribution in [0.2, 0.25) is 18.1 Å². The van der Waals surface area contributed by atoms with Crippen LogP contribution in [0.1, 0.15) is 85.4 Å². The van der Waals surface area contributed by atoms with Crippen molar-refractivity contribution in [1.29, 1.82) is 0 Å². The van der Waals surface area contributed by atoms with Crippen LogP contribution in [0.5, 0.6) is 11.5 Å². The molecule has 6 heterocycles. The molecule has 25 nitrogen and oxygen atoms in total. The number of nitroso groups, excluding NO2 is 1. The van der Waals surface area contributed by atoms with E-state index in [-0.39, 0.29) is 82.9 Å². The summed E-state index contributed by atoms with van der Waals surface area (Å²) in [5.74, 6) is 0.0845. The molecule has 0 radical (unpaired) electrons. The zero-order valence-electron chi connectivity index (χ0n) is 75.6. The molecule has 4 aromatic heterocycles. The number of methoxy groups -OCH3 is 2. The number of hydrogen-bond acceptors (Lipinski definition) is 17. The monoisotopic (exact) mass is 1810 g/mol. The highest BCUT2D eigenvalue weighted by atomic mass is 28.4. The van der Waals surface area contributed by atoms with Crippen LogP contribution in [0.4, 0.5) is 10.1 Å². The maximum atomic E-state index is 14.4. The van der Waals surface area contributed by atoms with Crippen molar-refractivity contribution in [3.63, 3.8) is 0 Å². The second-order valence-corrected chi connectivity index (χ2v) is 39.1. The fourth-order valence-electron chi connectivity index (χ4n) is 15.5. The predicted molar refractivity (Wildman–Crippen MR) is 516 cm³/mol. The van der Waals surface area contributed by atoms with Crippen molar-refractivity contribution < 1.29 is 38.0 Å². The highest BCUT2D eigenvalue weighted by molar-refractivity contribution is 6.74. The number of halogens is 1. The molecule has 2 aliphatic rings. The van der Waals surface area contributed by atoms with Gasteiger partial charge >= 0.3 is 22.8 Å². The third-order valence-electron chi connectivity index (χ3n) is 23.6. The fourth-order valence-corrected chi connectivity index (χ4v) is 16.5. The van der Waals surface area contributed by atoms with Gasteiger partial charge in [-0.2, -0.15) is 0 Å². The molecule has 2 aliphatic heterocycles. The molecule has 0 saturated carbocycles. The molecule has 0 amide bonds. The molecule has 17 rings (SSSR count). The van der Waals surface area contributed by atoms with Crippen LogP contribution in [0, 0.1) is 17.6 Å². The Morgan fingerprint density at radius 1 is 0.376 bits per heavy atom. The summed E-state index contributed by atoms with van der Waals surface area (Å²) >= 11 is 0. The molecular weight excluding hydrogens is 1700 g/mol. The maximum Gasteiger partial charge on any atom is 0.334 e. The molecule has 15 aromatic rings. The van der Waals surface area contributed by atoms with Crippen LogP contribution in [-0.2, 0) is 64.4 Å². The highest BCUT2D eigenvalue weighted by Gasteiger charge is 2.57. The lowest BCUT2D eigenvalue weighted by atomic mass is 10.1. The summed E-state index contributed by atoms with van der Waals surface area (Å²) in [5.41, 5.74) is 9.44. The topological polar surface area (TPSA) is 291 Å². The van der Waals surface area contributed by atoms with Crippen molar-refractivity contribution in [3.8, 4) is 56.5 Å². The molecule has 1 N–H and O–H groups in total. The van der Waals surface area contributed by atoms with E-state index in [9.17, 15) is 47.7 Å². The smallest absolute Gasteiger partial charge is 0.334 e. The van der Waals surface area contributed by atoms with Crippen molar-refractivity contribution in [2.24, 2.45) is 5.18 Å². The third kappa shape index (κ3) is 23.4. The van der Waals surface area contributed by atoms with Gasteiger partial charge in [0.15, 0.2) is 20.3 Å². The van der Waals surface area contributed by atoms with Crippen LogP contribution in [0.3, 0.4) is 0 Å². The van der Waals surface area contributed by atoms with Gasteiger partial charge in [0.05, 0.1) is 89.4 Å². The second kappa shape index (κ2) is 42.9. The van der Waals surface area contributed by atoms with Crippen molar-refractivity contribution in [3.05, 3.63) is 466 Å². The molecule has 2 fully saturated rings. The molecule has 2 saturated heterocycles. The summed E-state index contributed by atoms with van der Waals surface area (Å²) in [6.45, 7) is 18.6. The first kappa shape index (κ1) is 95.9. The Labute approximate surface area is 768 Å². The Kier molecular flexibility index (Phi) is 30.9. The van der Waals surface area contributed by atoms with Gasteiger partial charge in [-0.15, -0.1) is 4.91 Å². The Bertz CT molecular complexity index is 6810. The van der Waals surface area contributed by atoms with E-state index < -0.39 is 55.6 Å². The molecule has 11 aromatic carbocycles. The quantitative estimate of drug-likeness (QED) is 0.0379. The Hall–Kier alpha value is -14.7. The van der Waals surface area contributed by atoms with Crippen LogP contribution in [0.25, 0.3) is 45.0 Å². The van der Waals surface area contributed by atoms with Crippen LogP contribution in [0.15, 0.2) is 371 Å². The zero-order valence-corrected chi connectivity index (χ0v) is 76.6. The van der Waals surface area contributed by atoms with Gasteiger partial charge in [-0.05, 0) is 178 Å². The highest BCUT2D eigenvalue weighted by Crippen LogP contribution is 2.45. The van der Waals surface area contributed by atoms with Gasteiger partial charge in [-0.25, -0.2) is 23.6 Å². The van der Waals surface area contributed by atoms with E-state index in [0.29, 0.717) is 65.0 Å². The van der Waals surface area contributed by atoms with E-state index in [1.807, 2.05) is 251 Å². The summed E-state index contributed by atoms with van der Waals surface area (Å²) in [7, 11) is 1.04. The number of rotatable bonds is 25. The lowest BCUT2D eigenvalue weighted by Gasteiger charge is -2.37. The predicted octanol–water partition coefficient (Wildman–Crippen LogP) is 17.2. The van der Waals surface area contributed by atoms with Crippen molar-refractivity contribution in [1.82, 2.24) is 36.5 Å². The molecule has 133 heavy (non-hydrogen) atoms. The minimum Gasteiger partial charge on any atom is -0.870 e. The molecule has 2 unspecified atom stereocenters. The minimum atomic E-state index is -2.14. The van der Waals surface area contributed by atoms with Crippen molar-refractivity contribution in [2.45, 2.75) is 136 Å². The molecule has 4 atom stereocenters. The van der Waals surface area contributed by atoms with Crippen molar-refractivity contribution in [2.75, 3.05) is 20.8 Å². The summed E-state index contributed by atoms with van der Waals surface area (Å²) in [5, 5.41) is 2.96. The number of fused-ring (bicyclic) bond motifs is 1. The number of aromatic nitrogens is 8.